The van der Waals surface area contributed by atoms with Crippen LogP contribution in [0.2, 0.25) is 0 Å². The van der Waals surface area contributed by atoms with Crippen molar-refractivity contribution in [2.24, 2.45) is 22.4 Å². The maximum atomic E-state index is 13.5. The van der Waals surface area contributed by atoms with Crippen molar-refractivity contribution < 1.29 is 28.3 Å². The van der Waals surface area contributed by atoms with Crippen LogP contribution in [0, 0.1) is 5.92 Å². The average Bonchev–Trinajstić information content (AvgIpc) is 2.90. The highest BCUT2D eigenvalue weighted by molar-refractivity contribution is 6.00. The number of guanidine groups is 1. The van der Waals surface area contributed by atoms with E-state index in [1.54, 1.807) is 45.0 Å². The number of alkyl carbamates (subject to hydrolysis) is 1. The quantitative estimate of drug-likeness (QED) is 0.0969. The molecule has 2 rings (SSSR count). The number of carbonyl (C=O) groups excluding carboxylic acids is 4. The number of anilines is 1. The average molecular weight is 602 g/mol. The Hall–Kier alpha value is -4.62. The maximum Gasteiger partial charge on any atom is 0.408 e. The smallest absolute Gasteiger partial charge is 0.408 e. The normalized spacial score (nSPS) is 12.6. The van der Waals surface area contributed by atoms with E-state index in [1.165, 1.54) is 13.1 Å². The van der Waals surface area contributed by atoms with Crippen LogP contribution in [0.25, 0.3) is 11.0 Å². The van der Waals surface area contributed by atoms with Gasteiger partial charge >= 0.3 is 11.7 Å². The number of carbonyl (C=O) groups is 4. The predicted octanol–water partition coefficient (Wildman–Crippen LogP) is 1.35. The van der Waals surface area contributed by atoms with Crippen LogP contribution >= 0.6 is 0 Å². The van der Waals surface area contributed by atoms with Gasteiger partial charge in [-0.25, -0.2) is 9.59 Å². The van der Waals surface area contributed by atoms with Crippen LogP contribution in [0.5, 0.6) is 0 Å². The van der Waals surface area contributed by atoms with Gasteiger partial charge in [-0.3, -0.25) is 19.4 Å². The zero-order valence-electron chi connectivity index (χ0n) is 25.6. The second-order valence-corrected chi connectivity index (χ2v) is 11.5. The fraction of sp³-hybridized carbons (Fsp3) is 0.517. The van der Waals surface area contributed by atoms with Crippen LogP contribution in [-0.4, -0.2) is 67.6 Å². The van der Waals surface area contributed by atoms with E-state index in [1.807, 2.05) is 13.8 Å². The lowest BCUT2D eigenvalue weighted by molar-refractivity contribution is -0.129. The Balaban J connectivity index is 2.15. The lowest BCUT2D eigenvalue weighted by atomic mass is 10.0. The molecule has 14 heteroatoms. The number of aliphatic imine (C=N–C) groups is 1. The van der Waals surface area contributed by atoms with Crippen LogP contribution in [0.3, 0.4) is 0 Å². The van der Waals surface area contributed by atoms with Gasteiger partial charge in [-0.05, 0) is 58.1 Å². The van der Waals surface area contributed by atoms with E-state index in [0.29, 0.717) is 23.8 Å². The molecule has 7 N–H and O–H groups in total. The summed E-state index contributed by atoms with van der Waals surface area (Å²) in [6.45, 7) is 8.61. The molecule has 0 bridgehead atoms. The van der Waals surface area contributed by atoms with Crippen LogP contribution in [0.15, 0.2) is 44.5 Å². The number of hydrogen-bond acceptors (Lipinski definition) is 8. The number of benzene rings is 1. The first-order valence-electron chi connectivity index (χ1n) is 14.0. The van der Waals surface area contributed by atoms with Crippen molar-refractivity contribution in [1.29, 1.82) is 0 Å². The number of amides is 4. The fourth-order valence-corrected chi connectivity index (χ4v) is 4.09. The van der Waals surface area contributed by atoms with Gasteiger partial charge in [0, 0.05) is 19.0 Å². The third-order valence-corrected chi connectivity index (χ3v) is 6.03. The topological polar surface area (TPSA) is 211 Å². The summed E-state index contributed by atoms with van der Waals surface area (Å²) in [7, 11) is 1.40. The molecule has 2 atom stereocenters. The number of hydrogen-bond donors (Lipinski definition) is 5. The van der Waals surface area contributed by atoms with Crippen LogP contribution in [0.4, 0.5) is 10.5 Å². The first-order valence-corrected chi connectivity index (χ1v) is 14.0. The monoisotopic (exact) mass is 601 g/mol. The van der Waals surface area contributed by atoms with E-state index in [9.17, 15) is 24.0 Å². The number of para-hydroxylation sites is 1. The molecule has 0 fully saturated rings. The molecular weight excluding hydrogens is 558 g/mol. The van der Waals surface area contributed by atoms with Gasteiger partial charge in [0.15, 0.2) is 5.96 Å². The number of nitrogens with two attached hydrogens (primary N) is 2. The van der Waals surface area contributed by atoms with Gasteiger partial charge in [0.1, 0.15) is 29.0 Å². The lowest BCUT2D eigenvalue weighted by Gasteiger charge is -2.25. The van der Waals surface area contributed by atoms with Gasteiger partial charge in [0.2, 0.25) is 17.7 Å². The molecule has 0 aliphatic rings. The second kappa shape index (κ2) is 15.6. The number of nitrogens with one attached hydrogen (secondary N) is 3. The number of nitrogens with zero attached hydrogens (tertiary/aromatic N) is 2. The van der Waals surface area contributed by atoms with Crippen molar-refractivity contribution in [3.63, 3.8) is 0 Å². The molecule has 0 saturated heterocycles. The van der Waals surface area contributed by atoms with Gasteiger partial charge in [-0.1, -0.05) is 32.0 Å². The number of fused-ring (bicyclic) bond motifs is 1. The zero-order valence-corrected chi connectivity index (χ0v) is 25.6. The van der Waals surface area contributed by atoms with Crippen molar-refractivity contribution in [3.05, 3.63) is 40.8 Å². The number of ether oxygens (including phenoxy) is 1. The van der Waals surface area contributed by atoms with Crippen molar-refractivity contribution in [1.82, 2.24) is 16.0 Å². The molecule has 2 aromatic rings. The van der Waals surface area contributed by atoms with E-state index in [0.717, 1.165) is 4.90 Å². The molecule has 236 valence electrons. The van der Waals surface area contributed by atoms with Gasteiger partial charge in [-0.2, -0.15) is 0 Å². The van der Waals surface area contributed by atoms with Gasteiger partial charge in [0.05, 0.1) is 6.54 Å². The van der Waals surface area contributed by atoms with E-state index in [4.69, 9.17) is 20.6 Å². The summed E-state index contributed by atoms with van der Waals surface area (Å²) in [5, 5.41) is 8.28. The predicted molar refractivity (Wildman–Crippen MR) is 163 cm³/mol. The second-order valence-electron chi connectivity index (χ2n) is 11.5. The lowest BCUT2D eigenvalue weighted by Crippen LogP contribution is -2.53. The standard InChI is InChI=1S/C29H43N7O7/c1-17(2)14-20(35-28(41)43-29(3,4)5)24(38)33-16-23(37)34-19(11-9-13-32-27(30)31)25(39)36(6)21-15-18-10-7-8-12-22(18)42-26(21)40/h7-8,10,12,15,17,19-20H,9,11,13-14,16H2,1-6H3,(H,33,38)(H,34,37)(H,35,41)(H4,30,31,32)/t19-,20-/m0/s1. The molecule has 0 spiro atoms. The Morgan fingerprint density at radius 2 is 1.74 bits per heavy atom. The molecule has 0 unspecified atom stereocenters. The van der Waals surface area contributed by atoms with E-state index >= 15 is 0 Å². The minimum atomic E-state index is -1.08. The molecule has 1 heterocycles. The van der Waals surface area contributed by atoms with E-state index in [2.05, 4.69) is 20.9 Å². The molecule has 1 aromatic carbocycles. The molecule has 1 aromatic heterocycles. The summed E-state index contributed by atoms with van der Waals surface area (Å²) < 4.78 is 10.6. The summed E-state index contributed by atoms with van der Waals surface area (Å²) in [6.07, 6.45) is 0.00881. The number of likely N-dealkylation sites (N-methyl/N-ethyl adjacent to an activating group) is 1. The van der Waals surface area contributed by atoms with Crippen LogP contribution in [-0.2, 0) is 19.1 Å². The Labute approximate surface area is 250 Å². The van der Waals surface area contributed by atoms with Gasteiger partial charge in [-0.15, -0.1) is 0 Å². The van der Waals surface area contributed by atoms with Gasteiger partial charge in [0.25, 0.3) is 0 Å². The Morgan fingerprint density at radius 1 is 1.07 bits per heavy atom. The van der Waals surface area contributed by atoms with E-state index < -0.39 is 53.7 Å². The molecule has 43 heavy (non-hydrogen) atoms. The Bertz CT molecular complexity index is 1380. The summed E-state index contributed by atoms with van der Waals surface area (Å²) in [6, 6.07) is 6.37. The largest absolute Gasteiger partial charge is 0.444 e. The highest BCUT2D eigenvalue weighted by Crippen LogP contribution is 2.18. The first-order chi connectivity index (χ1) is 20.1. The minimum absolute atomic E-state index is 0.00906. The van der Waals surface area contributed by atoms with Gasteiger partial charge < -0.3 is 41.5 Å². The minimum Gasteiger partial charge on any atom is -0.444 e. The summed E-state index contributed by atoms with van der Waals surface area (Å²) in [4.78, 5) is 69.2. The molecule has 0 aliphatic heterocycles. The highest BCUT2D eigenvalue weighted by atomic mass is 16.6. The van der Waals surface area contributed by atoms with E-state index in [-0.39, 0.29) is 30.5 Å². The molecule has 14 nitrogen and oxygen atoms in total. The SMILES string of the molecule is CC(C)C[C@H](NC(=O)OC(C)(C)C)C(=O)NCC(=O)N[C@@H](CCCN=C(N)N)C(=O)N(C)c1cc2ccccc2oc1=O. The van der Waals surface area contributed by atoms with Crippen molar-refractivity contribution >= 4 is 46.4 Å². The molecular formula is C29H43N7O7. The molecule has 0 aliphatic carbocycles. The van der Waals surface area contributed by atoms with Crippen molar-refractivity contribution in [2.45, 2.75) is 71.6 Å². The summed E-state index contributed by atoms with van der Waals surface area (Å²) in [5.74, 6) is -1.90. The molecule has 0 radical (unpaired) electrons. The maximum absolute atomic E-state index is 13.5. The summed E-state index contributed by atoms with van der Waals surface area (Å²) in [5.41, 5.74) is 9.64. The molecule has 4 amide bonds. The Morgan fingerprint density at radius 3 is 2.37 bits per heavy atom. The highest BCUT2D eigenvalue weighted by Gasteiger charge is 2.28. The Kier molecular flexibility index (Phi) is 12.5. The summed E-state index contributed by atoms with van der Waals surface area (Å²) >= 11 is 0. The number of rotatable bonds is 13. The fourth-order valence-electron chi connectivity index (χ4n) is 4.09. The zero-order chi connectivity index (χ0) is 32.3. The van der Waals surface area contributed by atoms with Crippen LogP contribution in [0.1, 0.15) is 53.9 Å². The van der Waals surface area contributed by atoms with Crippen molar-refractivity contribution in [3.8, 4) is 0 Å². The third-order valence-electron chi connectivity index (χ3n) is 6.03. The van der Waals surface area contributed by atoms with Crippen molar-refractivity contribution in [2.75, 3.05) is 25.0 Å². The first kappa shape index (κ1) is 34.6. The molecule has 0 saturated carbocycles. The van der Waals surface area contributed by atoms with Crippen LogP contribution < -0.4 is 37.9 Å². The third kappa shape index (κ3) is 11.6.